The molecule has 0 spiro atoms. The predicted molar refractivity (Wildman–Crippen MR) is 52.5 cm³/mol. The minimum atomic E-state index is -0.459. The zero-order valence-corrected chi connectivity index (χ0v) is 8.08. The lowest BCUT2D eigenvalue weighted by molar-refractivity contribution is 0.0942. The second kappa shape index (κ2) is 4.83. The summed E-state index contributed by atoms with van der Waals surface area (Å²) < 4.78 is 0. The van der Waals surface area contributed by atoms with Crippen LogP contribution in [0.5, 0.6) is 5.75 Å². The van der Waals surface area contributed by atoms with E-state index in [4.69, 9.17) is 16.7 Å². The summed E-state index contributed by atoms with van der Waals surface area (Å²) >= 11 is 5.65. The first-order valence-corrected chi connectivity index (χ1v) is 4.40. The van der Waals surface area contributed by atoms with Crippen LogP contribution in [0.1, 0.15) is 10.4 Å². The Kier molecular flexibility index (Phi) is 3.73. The summed E-state index contributed by atoms with van der Waals surface area (Å²) in [6, 6.07) is 4.19. The molecule has 0 radical (unpaired) electrons. The molecule has 1 rings (SSSR count). The van der Waals surface area contributed by atoms with Crippen LogP contribution >= 0.6 is 11.6 Å². The van der Waals surface area contributed by atoms with Gasteiger partial charge < -0.3 is 15.5 Å². The monoisotopic (exact) mass is 215 g/mol. The molecule has 0 unspecified atom stereocenters. The summed E-state index contributed by atoms with van der Waals surface area (Å²) in [5, 5.41) is 20.6. The first-order chi connectivity index (χ1) is 6.65. The molecular formula is C9H10ClNO3. The molecule has 0 aliphatic heterocycles. The highest BCUT2D eigenvalue weighted by Gasteiger charge is 2.10. The van der Waals surface area contributed by atoms with E-state index >= 15 is 0 Å². The van der Waals surface area contributed by atoms with Crippen molar-refractivity contribution in [2.24, 2.45) is 0 Å². The standard InChI is InChI=1S/C9H10ClNO3/c10-6-1-2-8(13)7(5-6)9(14)11-3-4-12/h1-2,5,12-13H,3-4H2,(H,11,14). The van der Waals surface area contributed by atoms with Gasteiger partial charge in [-0.1, -0.05) is 11.6 Å². The third kappa shape index (κ3) is 2.61. The van der Waals surface area contributed by atoms with E-state index in [-0.39, 0.29) is 24.5 Å². The Balaban J connectivity index is 2.83. The highest BCUT2D eigenvalue weighted by molar-refractivity contribution is 6.31. The Bertz CT molecular complexity index is 341. The van der Waals surface area contributed by atoms with Gasteiger partial charge in [0, 0.05) is 11.6 Å². The van der Waals surface area contributed by atoms with Crippen LogP contribution in [0.15, 0.2) is 18.2 Å². The zero-order chi connectivity index (χ0) is 10.6. The second-order valence-corrected chi connectivity index (χ2v) is 3.08. The molecule has 1 aromatic carbocycles. The van der Waals surface area contributed by atoms with Crippen LogP contribution in [0.2, 0.25) is 5.02 Å². The summed E-state index contributed by atoms with van der Waals surface area (Å²) in [6.45, 7) is -0.00213. The highest BCUT2D eigenvalue weighted by atomic mass is 35.5. The molecule has 0 aromatic heterocycles. The van der Waals surface area contributed by atoms with Gasteiger partial charge in [0.25, 0.3) is 5.91 Å². The van der Waals surface area contributed by atoms with Crippen molar-refractivity contribution in [1.29, 1.82) is 0 Å². The number of phenolic OH excluding ortho intramolecular Hbond substituents is 1. The zero-order valence-electron chi connectivity index (χ0n) is 7.33. The third-order valence-corrected chi connectivity index (χ3v) is 1.84. The molecule has 0 atom stereocenters. The van der Waals surface area contributed by atoms with Crippen molar-refractivity contribution in [3.8, 4) is 5.75 Å². The number of carbonyl (C=O) groups is 1. The van der Waals surface area contributed by atoms with E-state index in [2.05, 4.69) is 5.32 Å². The SMILES string of the molecule is O=C(NCCO)c1cc(Cl)ccc1O. The summed E-state index contributed by atoms with van der Waals surface area (Å²) in [5.41, 5.74) is 0.103. The minimum Gasteiger partial charge on any atom is -0.507 e. The van der Waals surface area contributed by atoms with Crippen LogP contribution in [0.3, 0.4) is 0 Å². The van der Waals surface area contributed by atoms with E-state index in [0.29, 0.717) is 5.02 Å². The van der Waals surface area contributed by atoms with E-state index in [0.717, 1.165) is 0 Å². The molecule has 5 heteroatoms. The fourth-order valence-corrected chi connectivity index (χ4v) is 1.13. The lowest BCUT2D eigenvalue weighted by Gasteiger charge is -2.05. The van der Waals surface area contributed by atoms with E-state index < -0.39 is 5.91 Å². The van der Waals surface area contributed by atoms with Crippen LogP contribution in [0.25, 0.3) is 0 Å². The molecule has 0 aliphatic carbocycles. The Hall–Kier alpha value is -1.26. The lowest BCUT2D eigenvalue weighted by atomic mass is 10.2. The quantitative estimate of drug-likeness (QED) is 0.698. The molecule has 76 valence electrons. The number of rotatable bonds is 3. The summed E-state index contributed by atoms with van der Waals surface area (Å²) in [4.78, 5) is 11.3. The van der Waals surface area contributed by atoms with Gasteiger partial charge in [0.1, 0.15) is 5.75 Å². The summed E-state index contributed by atoms with van der Waals surface area (Å²) in [7, 11) is 0. The second-order valence-electron chi connectivity index (χ2n) is 2.64. The third-order valence-electron chi connectivity index (χ3n) is 1.60. The first-order valence-electron chi connectivity index (χ1n) is 4.02. The fraction of sp³-hybridized carbons (Fsp3) is 0.222. The van der Waals surface area contributed by atoms with Crippen molar-refractivity contribution in [3.05, 3.63) is 28.8 Å². The molecule has 3 N–H and O–H groups in total. The van der Waals surface area contributed by atoms with Gasteiger partial charge >= 0.3 is 0 Å². The number of carbonyl (C=O) groups excluding carboxylic acids is 1. The van der Waals surface area contributed by atoms with Gasteiger partial charge in [-0.05, 0) is 18.2 Å². The molecule has 0 saturated heterocycles. The molecule has 0 saturated carbocycles. The predicted octanol–water partition coefficient (Wildman–Crippen LogP) is 0.768. The lowest BCUT2D eigenvalue weighted by Crippen LogP contribution is -2.26. The van der Waals surface area contributed by atoms with Crippen LogP contribution < -0.4 is 5.32 Å². The van der Waals surface area contributed by atoms with E-state index in [1.807, 2.05) is 0 Å². The van der Waals surface area contributed by atoms with Crippen molar-refractivity contribution in [3.63, 3.8) is 0 Å². The van der Waals surface area contributed by atoms with Crippen LogP contribution in [-0.2, 0) is 0 Å². The fourth-order valence-electron chi connectivity index (χ4n) is 0.955. The van der Waals surface area contributed by atoms with Gasteiger partial charge in [0.05, 0.1) is 12.2 Å². The molecule has 1 aromatic rings. The number of aliphatic hydroxyl groups is 1. The maximum absolute atomic E-state index is 11.3. The molecule has 14 heavy (non-hydrogen) atoms. The number of hydrogen-bond acceptors (Lipinski definition) is 3. The Morgan fingerprint density at radius 2 is 2.21 bits per heavy atom. The maximum atomic E-state index is 11.3. The van der Waals surface area contributed by atoms with Crippen molar-refractivity contribution in [1.82, 2.24) is 5.32 Å². The van der Waals surface area contributed by atoms with Crippen LogP contribution in [-0.4, -0.2) is 29.3 Å². The van der Waals surface area contributed by atoms with Gasteiger partial charge in [0.15, 0.2) is 0 Å². The van der Waals surface area contributed by atoms with Gasteiger partial charge in [-0.15, -0.1) is 0 Å². The topological polar surface area (TPSA) is 69.6 Å². The molecular weight excluding hydrogens is 206 g/mol. The number of amides is 1. The molecule has 0 aliphatic rings. The first kappa shape index (κ1) is 10.8. The largest absolute Gasteiger partial charge is 0.507 e. The van der Waals surface area contributed by atoms with E-state index in [1.54, 1.807) is 0 Å². The van der Waals surface area contributed by atoms with E-state index in [9.17, 15) is 9.90 Å². The van der Waals surface area contributed by atoms with Gasteiger partial charge in [0.2, 0.25) is 0 Å². The van der Waals surface area contributed by atoms with Crippen LogP contribution in [0.4, 0.5) is 0 Å². The normalized spacial score (nSPS) is 9.86. The molecule has 1 amide bonds. The minimum absolute atomic E-state index is 0.103. The number of aliphatic hydroxyl groups excluding tert-OH is 1. The number of hydrogen-bond donors (Lipinski definition) is 3. The van der Waals surface area contributed by atoms with Crippen molar-refractivity contribution >= 4 is 17.5 Å². The number of phenols is 1. The number of benzene rings is 1. The Labute approximate surface area is 86.1 Å². The average Bonchev–Trinajstić information content (AvgIpc) is 2.18. The summed E-state index contributed by atoms with van der Waals surface area (Å²) in [6.07, 6.45) is 0. The molecule has 0 bridgehead atoms. The van der Waals surface area contributed by atoms with Crippen molar-refractivity contribution < 1.29 is 15.0 Å². The average molecular weight is 216 g/mol. The van der Waals surface area contributed by atoms with Gasteiger partial charge in [-0.3, -0.25) is 4.79 Å². The van der Waals surface area contributed by atoms with Crippen molar-refractivity contribution in [2.45, 2.75) is 0 Å². The smallest absolute Gasteiger partial charge is 0.255 e. The summed E-state index contributed by atoms with van der Waals surface area (Å²) in [5.74, 6) is -0.594. The maximum Gasteiger partial charge on any atom is 0.255 e. The van der Waals surface area contributed by atoms with Gasteiger partial charge in [-0.25, -0.2) is 0 Å². The van der Waals surface area contributed by atoms with Crippen LogP contribution in [0, 0.1) is 0 Å². The Morgan fingerprint density at radius 3 is 2.86 bits per heavy atom. The molecule has 4 nitrogen and oxygen atoms in total. The number of nitrogens with one attached hydrogen (secondary N) is 1. The highest BCUT2D eigenvalue weighted by Crippen LogP contribution is 2.20. The number of halogens is 1. The molecule has 0 fully saturated rings. The number of aromatic hydroxyl groups is 1. The Morgan fingerprint density at radius 1 is 1.50 bits per heavy atom. The van der Waals surface area contributed by atoms with Crippen molar-refractivity contribution in [2.75, 3.05) is 13.2 Å². The molecule has 0 heterocycles. The van der Waals surface area contributed by atoms with E-state index in [1.165, 1.54) is 18.2 Å². The van der Waals surface area contributed by atoms with Gasteiger partial charge in [-0.2, -0.15) is 0 Å².